The number of benzene rings is 2. The lowest BCUT2D eigenvalue weighted by molar-refractivity contribution is -0.123. The van der Waals surface area contributed by atoms with Gasteiger partial charge < -0.3 is 14.6 Å². The molecule has 4 rings (SSSR count). The number of imide groups is 1. The molecule has 164 valence electrons. The van der Waals surface area contributed by atoms with Crippen molar-refractivity contribution < 1.29 is 19.1 Å². The zero-order chi connectivity index (χ0) is 22.7. The van der Waals surface area contributed by atoms with Crippen LogP contribution in [0.4, 0.5) is 10.5 Å². The van der Waals surface area contributed by atoms with Crippen molar-refractivity contribution in [1.29, 1.82) is 0 Å². The third kappa shape index (κ3) is 4.72. The van der Waals surface area contributed by atoms with E-state index in [-0.39, 0.29) is 36.7 Å². The molecular formula is C23H20ClN3O4S. The molecule has 0 spiro atoms. The molecule has 1 aliphatic heterocycles. The van der Waals surface area contributed by atoms with E-state index in [4.69, 9.17) is 16.3 Å². The summed E-state index contributed by atoms with van der Waals surface area (Å²) in [6, 6.07) is 14.5. The van der Waals surface area contributed by atoms with Gasteiger partial charge in [-0.2, -0.15) is 0 Å². The Morgan fingerprint density at radius 3 is 2.66 bits per heavy atom. The van der Waals surface area contributed by atoms with Crippen molar-refractivity contribution in [1.82, 2.24) is 9.47 Å². The fourth-order valence-corrected chi connectivity index (χ4v) is 4.41. The van der Waals surface area contributed by atoms with Crippen LogP contribution in [0.1, 0.15) is 5.56 Å². The molecule has 3 aromatic rings. The molecule has 7 nitrogen and oxygen atoms in total. The number of hydrogen-bond donors (Lipinski definition) is 1. The Morgan fingerprint density at radius 1 is 1.16 bits per heavy atom. The summed E-state index contributed by atoms with van der Waals surface area (Å²) >= 11 is 6.80. The van der Waals surface area contributed by atoms with Crippen molar-refractivity contribution in [2.75, 3.05) is 25.6 Å². The van der Waals surface area contributed by atoms with Crippen molar-refractivity contribution in [3.8, 4) is 0 Å². The third-order valence-electron chi connectivity index (χ3n) is 4.94. The van der Waals surface area contributed by atoms with Crippen molar-refractivity contribution in [2.45, 2.75) is 6.54 Å². The first-order chi connectivity index (χ1) is 15.5. The number of nitrogens with zero attached hydrogens (tertiary/aromatic N) is 2. The molecule has 0 unspecified atom stereocenters. The molecule has 32 heavy (non-hydrogen) atoms. The van der Waals surface area contributed by atoms with Gasteiger partial charge >= 0.3 is 0 Å². The highest BCUT2D eigenvalue weighted by atomic mass is 35.5. The van der Waals surface area contributed by atoms with Gasteiger partial charge in [-0.3, -0.25) is 19.3 Å². The second kappa shape index (κ2) is 9.60. The highest BCUT2D eigenvalue weighted by Crippen LogP contribution is 2.34. The van der Waals surface area contributed by atoms with Crippen molar-refractivity contribution in [3.05, 3.63) is 70.2 Å². The van der Waals surface area contributed by atoms with Gasteiger partial charge in [0, 0.05) is 40.5 Å². The van der Waals surface area contributed by atoms with Gasteiger partial charge in [0.1, 0.15) is 6.54 Å². The number of ether oxygens (including phenoxy) is 1. The summed E-state index contributed by atoms with van der Waals surface area (Å²) in [6.45, 7) is 0.588. The quantitative estimate of drug-likeness (QED) is 0.511. The van der Waals surface area contributed by atoms with E-state index in [9.17, 15) is 14.4 Å². The van der Waals surface area contributed by atoms with E-state index in [1.54, 1.807) is 30.3 Å². The Kier molecular flexibility index (Phi) is 6.64. The van der Waals surface area contributed by atoms with Crippen molar-refractivity contribution >= 4 is 63.1 Å². The SMILES string of the molecule is COCCN1C(=O)S/C(=C/c2cn(CC(=O)Nc3ccc(Cl)cc3)c3ccccc23)C1=O. The summed E-state index contributed by atoms with van der Waals surface area (Å²) in [6.07, 6.45) is 3.52. The van der Waals surface area contributed by atoms with Gasteiger partial charge in [-0.1, -0.05) is 29.8 Å². The molecule has 2 heterocycles. The molecule has 0 radical (unpaired) electrons. The maximum Gasteiger partial charge on any atom is 0.293 e. The summed E-state index contributed by atoms with van der Waals surface area (Å²) < 4.78 is 6.80. The molecule has 0 saturated carbocycles. The number of carbonyl (C=O) groups is 3. The molecule has 0 atom stereocenters. The number of methoxy groups -OCH3 is 1. The summed E-state index contributed by atoms with van der Waals surface area (Å²) in [4.78, 5) is 39.0. The van der Waals surface area contributed by atoms with E-state index < -0.39 is 0 Å². The fourth-order valence-electron chi connectivity index (χ4n) is 3.43. The Morgan fingerprint density at radius 2 is 1.91 bits per heavy atom. The van der Waals surface area contributed by atoms with Crippen molar-refractivity contribution in [2.24, 2.45) is 0 Å². The summed E-state index contributed by atoms with van der Waals surface area (Å²) in [5.74, 6) is -0.533. The molecule has 2 aromatic carbocycles. The number of para-hydroxylation sites is 1. The summed E-state index contributed by atoms with van der Waals surface area (Å²) in [5.41, 5.74) is 2.27. The number of amides is 3. The maximum atomic E-state index is 12.7. The zero-order valence-electron chi connectivity index (χ0n) is 17.2. The van der Waals surface area contributed by atoms with E-state index in [1.165, 1.54) is 12.0 Å². The van der Waals surface area contributed by atoms with E-state index in [2.05, 4.69) is 5.32 Å². The van der Waals surface area contributed by atoms with Crippen LogP contribution in [-0.2, 0) is 20.9 Å². The third-order valence-corrected chi connectivity index (χ3v) is 6.10. The minimum atomic E-state index is -0.339. The minimum Gasteiger partial charge on any atom is -0.383 e. The molecule has 0 bridgehead atoms. The molecule has 1 aromatic heterocycles. The fraction of sp³-hybridized carbons (Fsp3) is 0.174. The monoisotopic (exact) mass is 469 g/mol. The maximum absolute atomic E-state index is 12.7. The lowest BCUT2D eigenvalue weighted by Gasteiger charge is -2.10. The van der Waals surface area contributed by atoms with E-state index in [0.717, 1.165) is 28.2 Å². The molecule has 3 amide bonds. The molecular weight excluding hydrogens is 450 g/mol. The number of aromatic nitrogens is 1. The largest absolute Gasteiger partial charge is 0.383 e. The molecule has 1 N–H and O–H groups in total. The molecule has 1 aliphatic rings. The van der Waals surface area contributed by atoms with Crippen LogP contribution >= 0.6 is 23.4 Å². The van der Waals surface area contributed by atoms with Gasteiger partial charge in [-0.15, -0.1) is 0 Å². The Labute approximate surface area is 194 Å². The number of nitrogens with one attached hydrogen (secondary N) is 1. The highest BCUT2D eigenvalue weighted by molar-refractivity contribution is 8.18. The average Bonchev–Trinajstić information content (AvgIpc) is 3.25. The van der Waals surface area contributed by atoms with Crippen LogP contribution in [0.25, 0.3) is 17.0 Å². The zero-order valence-corrected chi connectivity index (χ0v) is 18.8. The number of carbonyl (C=O) groups excluding carboxylic acids is 3. The molecule has 9 heteroatoms. The Hall–Kier alpha value is -3.07. The summed E-state index contributed by atoms with van der Waals surface area (Å²) in [5, 5.41) is 4.01. The number of thioether (sulfide) groups is 1. The van der Waals surface area contributed by atoms with Gasteiger partial charge in [0.2, 0.25) is 5.91 Å². The van der Waals surface area contributed by atoms with E-state index in [1.807, 2.05) is 35.0 Å². The predicted octanol–water partition coefficient (Wildman–Crippen LogP) is 4.62. The second-order valence-electron chi connectivity index (χ2n) is 7.11. The number of rotatable bonds is 7. The normalized spacial score (nSPS) is 15.2. The van der Waals surface area contributed by atoms with Gasteiger partial charge in [0.15, 0.2) is 0 Å². The first kappa shape index (κ1) is 22.1. The van der Waals surface area contributed by atoms with Crippen LogP contribution in [0, 0.1) is 0 Å². The minimum absolute atomic E-state index is 0.0896. The Bertz CT molecular complexity index is 1220. The topological polar surface area (TPSA) is 80.6 Å². The molecule has 1 fully saturated rings. The smallest absolute Gasteiger partial charge is 0.293 e. The number of anilines is 1. The van der Waals surface area contributed by atoms with Crippen LogP contribution in [0.2, 0.25) is 5.02 Å². The number of fused-ring (bicyclic) bond motifs is 1. The van der Waals surface area contributed by atoms with Gasteiger partial charge in [-0.25, -0.2) is 0 Å². The summed E-state index contributed by atoms with van der Waals surface area (Å²) in [7, 11) is 1.52. The molecule has 0 aliphatic carbocycles. The predicted molar refractivity (Wildman–Crippen MR) is 127 cm³/mol. The van der Waals surface area contributed by atoms with Crippen LogP contribution in [0.15, 0.2) is 59.6 Å². The first-order valence-corrected chi connectivity index (χ1v) is 11.0. The lowest BCUT2D eigenvalue weighted by atomic mass is 10.1. The van der Waals surface area contributed by atoms with Crippen LogP contribution in [-0.4, -0.2) is 46.8 Å². The highest BCUT2D eigenvalue weighted by Gasteiger charge is 2.34. The van der Waals surface area contributed by atoms with Gasteiger partial charge in [0.25, 0.3) is 11.1 Å². The van der Waals surface area contributed by atoms with E-state index in [0.29, 0.717) is 15.6 Å². The first-order valence-electron chi connectivity index (χ1n) is 9.84. The van der Waals surface area contributed by atoms with Crippen LogP contribution < -0.4 is 5.32 Å². The van der Waals surface area contributed by atoms with E-state index >= 15 is 0 Å². The number of halogens is 1. The van der Waals surface area contributed by atoms with Crippen molar-refractivity contribution in [3.63, 3.8) is 0 Å². The van der Waals surface area contributed by atoms with Crippen LogP contribution in [0.3, 0.4) is 0 Å². The average molecular weight is 470 g/mol. The Balaban J connectivity index is 1.58. The van der Waals surface area contributed by atoms with Crippen LogP contribution in [0.5, 0.6) is 0 Å². The number of hydrogen-bond acceptors (Lipinski definition) is 5. The van der Waals surface area contributed by atoms with Gasteiger partial charge in [-0.05, 0) is 48.2 Å². The van der Waals surface area contributed by atoms with Gasteiger partial charge in [0.05, 0.1) is 18.1 Å². The second-order valence-corrected chi connectivity index (χ2v) is 8.54. The molecule has 1 saturated heterocycles. The lowest BCUT2D eigenvalue weighted by Crippen LogP contribution is -2.31. The standard InChI is InChI=1S/C23H20ClN3O4S/c1-31-11-10-27-22(29)20(32-23(27)30)12-15-13-26(19-5-3-2-4-18(15)19)14-21(28)25-17-8-6-16(24)7-9-17/h2-9,12-13H,10-11,14H2,1H3,(H,25,28)/b20-12+.